The lowest BCUT2D eigenvalue weighted by atomic mass is 10.1. The van der Waals surface area contributed by atoms with Gasteiger partial charge >= 0.3 is 0 Å². The third-order valence-electron chi connectivity index (χ3n) is 4.21. The van der Waals surface area contributed by atoms with Crippen molar-refractivity contribution in [3.8, 4) is 0 Å². The molecule has 0 aliphatic carbocycles. The molecule has 0 saturated heterocycles. The molecule has 0 radical (unpaired) electrons. The zero-order valence-electron chi connectivity index (χ0n) is 14.5. The Hall–Kier alpha value is -2.79. The number of benzene rings is 2. The number of nitrogens with one attached hydrogen (secondary N) is 3. The molecule has 1 amide bonds. The first kappa shape index (κ1) is 18.0. The van der Waals surface area contributed by atoms with Crippen molar-refractivity contribution in [1.82, 2.24) is 4.98 Å². The molecule has 0 aliphatic heterocycles. The third-order valence-corrected chi connectivity index (χ3v) is 4.50. The number of rotatable bonds is 5. The van der Waals surface area contributed by atoms with Gasteiger partial charge in [-0.25, -0.2) is 4.39 Å². The predicted octanol–water partition coefficient (Wildman–Crippen LogP) is 5.29. The van der Waals surface area contributed by atoms with Crippen LogP contribution < -0.4 is 10.6 Å². The molecule has 134 valence electrons. The molecule has 6 heteroatoms. The molecule has 0 aliphatic rings. The van der Waals surface area contributed by atoms with Gasteiger partial charge in [-0.15, -0.1) is 0 Å². The predicted molar refractivity (Wildman–Crippen MR) is 103 cm³/mol. The summed E-state index contributed by atoms with van der Waals surface area (Å²) < 4.78 is 13.2. The number of aromatic nitrogens is 1. The maximum Gasteiger partial charge on any atom is 0.255 e. The van der Waals surface area contributed by atoms with Crippen LogP contribution in [0.5, 0.6) is 0 Å². The Balaban J connectivity index is 1.70. The molecule has 0 bridgehead atoms. The van der Waals surface area contributed by atoms with E-state index in [1.807, 2.05) is 25.3 Å². The van der Waals surface area contributed by atoms with Crippen molar-refractivity contribution in [1.29, 1.82) is 0 Å². The quantitative estimate of drug-likeness (QED) is 0.570. The fourth-order valence-corrected chi connectivity index (χ4v) is 2.88. The van der Waals surface area contributed by atoms with Crippen LogP contribution in [-0.4, -0.2) is 10.9 Å². The maximum absolute atomic E-state index is 13.2. The zero-order chi connectivity index (χ0) is 18.7. The third kappa shape index (κ3) is 4.06. The van der Waals surface area contributed by atoms with Crippen LogP contribution in [0.3, 0.4) is 0 Å². The van der Waals surface area contributed by atoms with E-state index in [1.165, 1.54) is 29.3 Å². The minimum atomic E-state index is -0.522. The largest absolute Gasteiger partial charge is 0.381 e. The van der Waals surface area contributed by atoms with Crippen LogP contribution in [0.1, 0.15) is 27.2 Å². The van der Waals surface area contributed by atoms with E-state index in [0.29, 0.717) is 17.8 Å². The van der Waals surface area contributed by atoms with Gasteiger partial charge in [0.1, 0.15) is 5.82 Å². The fraction of sp³-hybridized carbons (Fsp3) is 0.150. The average Bonchev–Trinajstić information content (AvgIpc) is 2.94. The van der Waals surface area contributed by atoms with Gasteiger partial charge < -0.3 is 15.6 Å². The molecule has 0 atom stereocenters. The number of hydrogen-bond donors (Lipinski definition) is 3. The van der Waals surface area contributed by atoms with E-state index < -0.39 is 5.82 Å². The number of H-pyrrole nitrogens is 1. The highest BCUT2D eigenvalue weighted by Gasteiger charge is 2.09. The molecular formula is C20H19ClFN3O. The van der Waals surface area contributed by atoms with Crippen molar-refractivity contribution in [3.05, 3.63) is 81.9 Å². The summed E-state index contributed by atoms with van der Waals surface area (Å²) in [7, 11) is 0. The number of carbonyl (C=O) groups excluding carboxylic acids is 1. The van der Waals surface area contributed by atoms with Crippen molar-refractivity contribution in [2.45, 2.75) is 20.4 Å². The molecule has 2 aromatic carbocycles. The summed E-state index contributed by atoms with van der Waals surface area (Å²) in [5.41, 5.74) is 5.31. The summed E-state index contributed by atoms with van der Waals surface area (Å²) in [6, 6.07) is 11.3. The van der Waals surface area contributed by atoms with Gasteiger partial charge in [0.15, 0.2) is 0 Å². The number of amides is 1. The van der Waals surface area contributed by atoms with Crippen LogP contribution in [0.4, 0.5) is 15.8 Å². The van der Waals surface area contributed by atoms with E-state index in [0.717, 1.165) is 11.4 Å². The van der Waals surface area contributed by atoms with E-state index in [1.54, 1.807) is 12.1 Å². The number of aromatic amines is 1. The number of hydrogen-bond acceptors (Lipinski definition) is 2. The molecule has 0 spiro atoms. The highest BCUT2D eigenvalue weighted by molar-refractivity contribution is 6.31. The van der Waals surface area contributed by atoms with Gasteiger partial charge in [-0.3, -0.25) is 4.79 Å². The highest BCUT2D eigenvalue weighted by Crippen LogP contribution is 2.21. The lowest BCUT2D eigenvalue weighted by molar-refractivity contribution is 0.102. The number of anilines is 2. The standard InChI is InChI=1S/C20H19ClFN3O/c1-12-10-23-13(2)17(12)11-24-15-5-3-4-14(8-15)20(26)25-16-6-7-19(22)18(21)9-16/h3-10,23-24H,11H2,1-2H3,(H,25,26). The SMILES string of the molecule is Cc1c[nH]c(C)c1CNc1cccc(C(=O)Nc2ccc(F)c(Cl)c2)c1. The van der Waals surface area contributed by atoms with Crippen LogP contribution in [-0.2, 0) is 6.54 Å². The Morgan fingerprint density at radius 1 is 1.15 bits per heavy atom. The van der Waals surface area contributed by atoms with Gasteiger partial charge in [-0.2, -0.15) is 0 Å². The van der Waals surface area contributed by atoms with E-state index in [-0.39, 0.29) is 10.9 Å². The summed E-state index contributed by atoms with van der Waals surface area (Å²) in [5.74, 6) is -0.809. The molecular weight excluding hydrogens is 353 g/mol. The molecule has 26 heavy (non-hydrogen) atoms. The van der Waals surface area contributed by atoms with Crippen molar-refractivity contribution in [2.24, 2.45) is 0 Å². The van der Waals surface area contributed by atoms with Crippen LogP contribution in [0.15, 0.2) is 48.7 Å². The minimum absolute atomic E-state index is 0.0320. The first-order valence-corrected chi connectivity index (χ1v) is 8.55. The van der Waals surface area contributed by atoms with Crippen LogP contribution in [0.25, 0.3) is 0 Å². The Morgan fingerprint density at radius 2 is 1.96 bits per heavy atom. The van der Waals surface area contributed by atoms with Gasteiger partial charge in [-0.05, 0) is 61.4 Å². The second-order valence-corrected chi connectivity index (χ2v) is 6.50. The van der Waals surface area contributed by atoms with Gasteiger partial charge in [0, 0.05) is 35.4 Å². The Labute approximate surface area is 156 Å². The van der Waals surface area contributed by atoms with Gasteiger partial charge in [-0.1, -0.05) is 17.7 Å². The average molecular weight is 372 g/mol. The molecule has 3 N–H and O–H groups in total. The molecule has 0 fully saturated rings. The number of halogens is 2. The van der Waals surface area contributed by atoms with E-state index in [2.05, 4.69) is 22.5 Å². The number of carbonyl (C=O) groups is 1. The summed E-state index contributed by atoms with van der Waals surface area (Å²) >= 11 is 5.75. The molecule has 3 aromatic rings. The molecule has 3 rings (SSSR count). The molecule has 0 saturated carbocycles. The molecule has 1 aromatic heterocycles. The van der Waals surface area contributed by atoms with Crippen molar-refractivity contribution >= 4 is 28.9 Å². The first-order chi connectivity index (χ1) is 12.4. The van der Waals surface area contributed by atoms with Crippen LogP contribution in [0.2, 0.25) is 5.02 Å². The molecule has 0 unspecified atom stereocenters. The highest BCUT2D eigenvalue weighted by atomic mass is 35.5. The first-order valence-electron chi connectivity index (χ1n) is 8.18. The molecule has 1 heterocycles. The summed E-state index contributed by atoms with van der Waals surface area (Å²) in [5, 5.41) is 6.02. The van der Waals surface area contributed by atoms with Crippen molar-refractivity contribution in [3.63, 3.8) is 0 Å². The van der Waals surface area contributed by atoms with Gasteiger partial charge in [0.25, 0.3) is 5.91 Å². The topological polar surface area (TPSA) is 56.9 Å². The normalized spacial score (nSPS) is 10.6. The lowest BCUT2D eigenvalue weighted by Crippen LogP contribution is -2.12. The van der Waals surface area contributed by atoms with Crippen molar-refractivity contribution < 1.29 is 9.18 Å². The zero-order valence-corrected chi connectivity index (χ0v) is 15.2. The summed E-state index contributed by atoms with van der Waals surface area (Å²) in [4.78, 5) is 15.6. The maximum atomic E-state index is 13.2. The fourth-order valence-electron chi connectivity index (χ4n) is 2.70. The second kappa shape index (κ2) is 7.62. The second-order valence-electron chi connectivity index (χ2n) is 6.09. The lowest BCUT2D eigenvalue weighted by Gasteiger charge is -2.10. The van der Waals surface area contributed by atoms with Crippen molar-refractivity contribution in [2.75, 3.05) is 10.6 Å². The van der Waals surface area contributed by atoms with E-state index in [9.17, 15) is 9.18 Å². The van der Waals surface area contributed by atoms with Crippen LogP contribution in [0, 0.1) is 19.7 Å². The van der Waals surface area contributed by atoms with E-state index >= 15 is 0 Å². The minimum Gasteiger partial charge on any atom is -0.381 e. The van der Waals surface area contributed by atoms with Gasteiger partial charge in [0.05, 0.1) is 5.02 Å². The summed E-state index contributed by atoms with van der Waals surface area (Å²) in [6.45, 7) is 4.75. The van der Waals surface area contributed by atoms with Crippen LogP contribution >= 0.6 is 11.6 Å². The Bertz CT molecular complexity index is 932. The Kier molecular flexibility index (Phi) is 5.28. The van der Waals surface area contributed by atoms with Gasteiger partial charge in [0.2, 0.25) is 0 Å². The smallest absolute Gasteiger partial charge is 0.255 e. The number of aryl methyl sites for hydroxylation is 2. The summed E-state index contributed by atoms with van der Waals surface area (Å²) in [6.07, 6.45) is 1.98. The monoisotopic (exact) mass is 371 g/mol. The molecule has 4 nitrogen and oxygen atoms in total. The van der Waals surface area contributed by atoms with E-state index in [4.69, 9.17) is 11.6 Å². The Morgan fingerprint density at radius 3 is 2.65 bits per heavy atom.